The molecule has 0 aliphatic heterocycles. The van der Waals surface area contributed by atoms with E-state index in [0.29, 0.717) is 5.56 Å². The minimum absolute atomic E-state index is 0.115. The molecule has 0 heterocycles. The Kier molecular flexibility index (Phi) is 3.70. The number of rotatable bonds is 3. The lowest BCUT2D eigenvalue weighted by Gasteiger charge is -2.29. The molecule has 2 rings (SSSR count). The fraction of sp³-hybridized carbons (Fsp3) is 0.462. The lowest BCUT2D eigenvalue weighted by Crippen LogP contribution is -2.39. The van der Waals surface area contributed by atoms with Crippen LogP contribution in [0, 0.1) is 11.3 Å². The van der Waals surface area contributed by atoms with Crippen LogP contribution in [0.3, 0.4) is 0 Å². The summed E-state index contributed by atoms with van der Waals surface area (Å²) in [5, 5.41) is 22.1. The highest BCUT2D eigenvalue weighted by Crippen LogP contribution is 2.34. The van der Waals surface area contributed by atoms with Gasteiger partial charge < -0.3 is 10.4 Å². The Balaban J connectivity index is 2.30. The van der Waals surface area contributed by atoms with Gasteiger partial charge in [0, 0.05) is 4.47 Å². The Bertz CT molecular complexity index is 447. The second-order valence-electron chi connectivity index (χ2n) is 4.54. The van der Waals surface area contributed by atoms with Crippen molar-refractivity contribution in [2.75, 3.05) is 11.9 Å². The molecule has 1 fully saturated rings. The van der Waals surface area contributed by atoms with E-state index in [0.717, 1.165) is 35.8 Å². The number of benzene rings is 1. The van der Waals surface area contributed by atoms with Gasteiger partial charge in [-0.2, -0.15) is 5.26 Å². The first kappa shape index (κ1) is 12.4. The van der Waals surface area contributed by atoms with Crippen molar-refractivity contribution in [3.63, 3.8) is 0 Å². The number of halogens is 1. The van der Waals surface area contributed by atoms with Crippen LogP contribution in [-0.2, 0) is 0 Å². The number of hydrogen-bond donors (Lipinski definition) is 2. The zero-order valence-electron chi connectivity index (χ0n) is 9.54. The molecule has 0 spiro atoms. The summed E-state index contributed by atoms with van der Waals surface area (Å²) in [6.45, 7) is 0.115. The first-order valence-electron chi connectivity index (χ1n) is 5.78. The molecule has 1 saturated carbocycles. The monoisotopic (exact) mass is 294 g/mol. The summed E-state index contributed by atoms with van der Waals surface area (Å²) in [5.41, 5.74) is 1.16. The minimum Gasteiger partial charge on any atom is -0.394 e. The van der Waals surface area contributed by atoms with Gasteiger partial charge in [-0.25, -0.2) is 0 Å². The predicted octanol–water partition coefficient (Wildman–Crippen LogP) is 3.04. The highest BCUT2D eigenvalue weighted by Gasteiger charge is 2.33. The lowest BCUT2D eigenvalue weighted by molar-refractivity contribution is 0.214. The summed E-state index contributed by atoms with van der Waals surface area (Å²) < 4.78 is 0.788. The minimum atomic E-state index is -0.244. The summed E-state index contributed by atoms with van der Waals surface area (Å²) in [7, 11) is 0. The number of aliphatic hydroxyl groups excluding tert-OH is 1. The second kappa shape index (κ2) is 5.07. The van der Waals surface area contributed by atoms with Crippen molar-refractivity contribution in [3.8, 4) is 6.07 Å². The van der Waals surface area contributed by atoms with E-state index in [1.54, 1.807) is 0 Å². The van der Waals surface area contributed by atoms with Gasteiger partial charge >= 0.3 is 0 Å². The van der Waals surface area contributed by atoms with Crippen LogP contribution in [0.1, 0.15) is 31.2 Å². The molecule has 0 saturated heterocycles. The van der Waals surface area contributed by atoms with Crippen molar-refractivity contribution in [2.24, 2.45) is 0 Å². The fourth-order valence-corrected chi connectivity index (χ4v) is 2.86. The van der Waals surface area contributed by atoms with Crippen molar-refractivity contribution < 1.29 is 5.11 Å². The van der Waals surface area contributed by atoms with Crippen LogP contribution in [0.5, 0.6) is 0 Å². The maximum Gasteiger partial charge on any atom is 0.103 e. The predicted molar refractivity (Wildman–Crippen MR) is 70.8 cm³/mol. The second-order valence-corrected chi connectivity index (χ2v) is 5.40. The quantitative estimate of drug-likeness (QED) is 0.901. The SMILES string of the molecule is N#Cc1c(Br)cccc1NC1(CO)CCCC1. The smallest absolute Gasteiger partial charge is 0.103 e. The van der Waals surface area contributed by atoms with E-state index in [1.165, 1.54) is 0 Å². The van der Waals surface area contributed by atoms with Gasteiger partial charge in [-0.1, -0.05) is 18.9 Å². The van der Waals surface area contributed by atoms with Crippen LogP contribution in [-0.4, -0.2) is 17.3 Å². The van der Waals surface area contributed by atoms with Crippen LogP contribution in [0.15, 0.2) is 22.7 Å². The Hall–Kier alpha value is -1.05. The van der Waals surface area contributed by atoms with E-state index in [-0.39, 0.29) is 12.1 Å². The highest BCUT2D eigenvalue weighted by atomic mass is 79.9. The van der Waals surface area contributed by atoms with E-state index < -0.39 is 0 Å². The van der Waals surface area contributed by atoms with Gasteiger partial charge in [0.05, 0.1) is 23.4 Å². The number of hydrogen-bond acceptors (Lipinski definition) is 3. The van der Waals surface area contributed by atoms with Crippen LogP contribution in [0.4, 0.5) is 5.69 Å². The summed E-state index contributed by atoms with van der Waals surface area (Å²) >= 11 is 3.37. The Morgan fingerprint density at radius 2 is 2.12 bits per heavy atom. The third kappa shape index (κ3) is 2.46. The first-order valence-corrected chi connectivity index (χ1v) is 6.58. The highest BCUT2D eigenvalue weighted by molar-refractivity contribution is 9.10. The number of nitrogens with zero attached hydrogens (tertiary/aromatic N) is 1. The molecule has 1 aromatic carbocycles. The standard InChI is InChI=1S/C13H15BrN2O/c14-11-4-3-5-12(10(11)8-15)16-13(9-17)6-1-2-7-13/h3-5,16-17H,1-2,6-7,9H2. The Morgan fingerprint density at radius 1 is 1.41 bits per heavy atom. The van der Waals surface area contributed by atoms with Gasteiger partial charge in [-0.15, -0.1) is 0 Å². The summed E-state index contributed by atoms with van der Waals surface area (Å²) in [6, 6.07) is 7.82. The third-order valence-corrected chi connectivity index (χ3v) is 4.05. The van der Waals surface area contributed by atoms with E-state index in [1.807, 2.05) is 18.2 Å². The fourth-order valence-electron chi connectivity index (χ4n) is 2.40. The first-order chi connectivity index (χ1) is 8.21. The summed E-state index contributed by atoms with van der Waals surface area (Å²) in [4.78, 5) is 0. The van der Waals surface area contributed by atoms with Crippen molar-refractivity contribution in [3.05, 3.63) is 28.2 Å². The molecular formula is C13H15BrN2O. The largest absolute Gasteiger partial charge is 0.394 e. The van der Waals surface area contributed by atoms with Gasteiger partial charge in [0.25, 0.3) is 0 Å². The molecule has 0 atom stereocenters. The van der Waals surface area contributed by atoms with Gasteiger partial charge in [-0.3, -0.25) is 0 Å². The average molecular weight is 295 g/mol. The average Bonchev–Trinajstić information content (AvgIpc) is 2.79. The lowest BCUT2D eigenvalue weighted by atomic mass is 9.97. The maximum atomic E-state index is 9.55. The van der Waals surface area contributed by atoms with Crippen molar-refractivity contribution in [1.29, 1.82) is 5.26 Å². The van der Waals surface area contributed by atoms with Crippen LogP contribution in [0.25, 0.3) is 0 Å². The van der Waals surface area contributed by atoms with Crippen LogP contribution >= 0.6 is 15.9 Å². The normalized spacial score (nSPS) is 17.7. The maximum absolute atomic E-state index is 9.55. The van der Waals surface area contributed by atoms with Crippen molar-refractivity contribution in [1.82, 2.24) is 0 Å². The van der Waals surface area contributed by atoms with Gasteiger partial charge in [0.1, 0.15) is 6.07 Å². The topological polar surface area (TPSA) is 56.0 Å². The number of nitriles is 1. The zero-order valence-corrected chi connectivity index (χ0v) is 11.1. The molecule has 0 unspecified atom stereocenters. The van der Waals surface area contributed by atoms with Gasteiger partial charge in [0.2, 0.25) is 0 Å². The molecule has 0 radical (unpaired) electrons. The third-order valence-electron chi connectivity index (χ3n) is 3.39. The molecule has 0 amide bonds. The summed E-state index contributed by atoms with van der Waals surface area (Å²) in [6.07, 6.45) is 4.18. The Labute approximate surface area is 110 Å². The molecule has 0 aromatic heterocycles. The molecule has 1 aliphatic carbocycles. The molecule has 2 N–H and O–H groups in total. The number of aliphatic hydroxyl groups is 1. The van der Waals surface area contributed by atoms with Crippen molar-refractivity contribution in [2.45, 2.75) is 31.2 Å². The zero-order chi connectivity index (χ0) is 12.3. The van der Waals surface area contributed by atoms with E-state index in [2.05, 4.69) is 27.3 Å². The van der Waals surface area contributed by atoms with Crippen LogP contribution in [0.2, 0.25) is 0 Å². The number of nitrogens with one attached hydrogen (secondary N) is 1. The molecule has 0 bridgehead atoms. The van der Waals surface area contributed by atoms with E-state index in [9.17, 15) is 5.11 Å². The molecule has 17 heavy (non-hydrogen) atoms. The van der Waals surface area contributed by atoms with E-state index in [4.69, 9.17) is 5.26 Å². The molecule has 3 nitrogen and oxygen atoms in total. The molecular weight excluding hydrogens is 280 g/mol. The number of anilines is 1. The van der Waals surface area contributed by atoms with Crippen LogP contribution < -0.4 is 5.32 Å². The van der Waals surface area contributed by atoms with E-state index >= 15 is 0 Å². The van der Waals surface area contributed by atoms with Crippen molar-refractivity contribution >= 4 is 21.6 Å². The van der Waals surface area contributed by atoms with Gasteiger partial charge in [-0.05, 0) is 40.9 Å². The van der Waals surface area contributed by atoms with Gasteiger partial charge in [0.15, 0.2) is 0 Å². The molecule has 90 valence electrons. The molecule has 4 heteroatoms. The molecule has 1 aromatic rings. The summed E-state index contributed by atoms with van der Waals surface area (Å²) in [5.74, 6) is 0. The Morgan fingerprint density at radius 3 is 2.71 bits per heavy atom. The molecule has 1 aliphatic rings.